The summed E-state index contributed by atoms with van der Waals surface area (Å²) in [5.41, 5.74) is 2.20. The molecule has 3 aromatic rings. The molecule has 0 bridgehead atoms. The maximum absolute atomic E-state index is 12.3. The number of carbonyl (C=O) groups excluding carboxylic acids is 1. The highest BCUT2D eigenvalue weighted by atomic mass is 16.5. The van der Waals surface area contributed by atoms with Gasteiger partial charge in [-0.3, -0.25) is 4.79 Å². The Hall–Kier alpha value is -3.42. The summed E-state index contributed by atoms with van der Waals surface area (Å²) < 4.78 is 13.2. The zero-order valence-corrected chi connectivity index (χ0v) is 15.0. The molecule has 0 saturated heterocycles. The SMILES string of the molecule is CC1(C)Cc2cccc(OCC(=O)Nc3cccc(-n4cnnn4)c3)c2O1. The average molecular weight is 365 g/mol. The highest BCUT2D eigenvalue weighted by molar-refractivity contribution is 5.92. The molecule has 0 spiro atoms. The Labute approximate surface area is 156 Å². The van der Waals surface area contributed by atoms with E-state index in [-0.39, 0.29) is 18.1 Å². The van der Waals surface area contributed by atoms with Crippen molar-refractivity contribution in [3.05, 3.63) is 54.4 Å². The first-order valence-corrected chi connectivity index (χ1v) is 8.57. The normalized spacial score (nSPS) is 14.3. The van der Waals surface area contributed by atoms with Gasteiger partial charge in [-0.25, -0.2) is 4.68 Å². The van der Waals surface area contributed by atoms with E-state index in [4.69, 9.17) is 9.47 Å². The van der Waals surface area contributed by atoms with Gasteiger partial charge in [0.2, 0.25) is 0 Å². The average Bonchev–Trinajstić information content (AvgIpc) is 3.26. The Balaban J connectivity index is 1.40. The first kappa shape index (κ1) is 17.0. The van der Waals surface area contributed by atoms with Crippen LogP contribution in [0.5, 0.6) is 11.5 Å². The molecule has 1 aromatic heterocycles. The van der Waals surface area contributed by atoms with E-state index in [2.05, 4.69) is 20.8 Å². The molecule has 1 N–H and O–H groups in total. The van der Waals surface area contributed by atoms with Gasteiger partial charge in [0.1, 0.15) is 11.9 Å². The van der Waals surface area contributed by atoms with Gasteiger partial charge in [-0.1, -0.05) is 18.2 Å². The smallest absolute Gasteiger partial charge is 0.262 e. The number of aromatic nitrogens is 4. The summed E-state index contributed by atoms with van der Waals surface area (Å²) in [5, 5.41) is 13.9. The minimum absolute atomic E-state index is 0.116. The van der Waals surface area contributed by atoms with Crippen LogP contribution in [-0.4, -0.2) is 38.3 Å². The van der Waals surface area contributed by atoms with Gasteiger partial charge in [0.15, 0.2) is 18.1 Å². The largest absolute Gasteiger partial charge is 0.483 e. The molecule has 1 amide bonds. The number of nitrogens with zero attached hydrogens (tertiary/aromatic N) is 4. The molecule has 2 heterocycles. The van der Waals surface area contributed by atoms with Crippen LogP contribution in [0.4, 0.5) is 5.69 Å². The third-order valence-electron chi connectivity index (χ3n) is 4.16. The van der Waals surface area contributed by atoms with E-state index in [0.29, 0.717) is 11.4 Å². The highest BCUT2D eigenvalue weighted by Crippen LogP contribution is 2.41. The van der Waals surface area contributed by atoms with Crippen molar-refractivity contribution < 1.29 is 14.3 Å². The molecule has 0 radical (unpaired) electrons. The van der Waals surface area contributed by atoms with Crippen LogP contribution in [-0.2, 0) is 11.2 Å². The number of tetrazole rings is 1. The predicted octanol–water partition coefficient (Wildman–Crippen LogP) is 2.39. The summed E-state index contributed by atoms with van der Waals surface area (Å²) in [5.74, 6) is 1.03. The van der Waals surface area contributed by atoms with Gasteiger partial charge >= 0.3 is 0 Å². The molecular formula is C19H19N5O3. The van der Waals surface area contributed by atoms with E-state index in [1.165, 1.54) is 11.0 Å². The number of ether oxygens (including phenoxy) is 2. The molecule has 27 heavy (non-hydrogen) atoms. The summed E-state index contributed by atoms with van der Waals surface area (Å²) in [6.45, 7) is 3.94. The van der Waals surface area contributed by atoms with Gasteiger partial charge in [0.05, 0.1) is 5.69 Å². The van der Waals surface area contributed by atoms with E-state index in [1.54, 1.807) is 12.1 Å². The lowest BCUT2D eigenvalue weighted by atomic mass is 10.0. The minimum atomic E-state index is -0.265. The molecule has 8 heteroatoms. The molecule has 0 unspecified atom stereocenters. The Morgan fingerprint density at radius 1 is 1.30 bits per heavy atom. The van der Waals surface area contributed by atoms with Gasteiger partial charge in [-0.05, 0) is 48.5 Å². The van der Waals surface area contributed by atoms with Crippen molar-refractivity contribution >= 4 is 11.6 Å². The maximum atomic E-state index is 12.3. The topological polar surface area (TPSA) is 91.2 Å². The van der Waals surface area contributed by atoms with Crippen molar-refractivity contribution in [1.29, 1.82) is 0 Å². The molecule has 2 aromatic carbocycles. The van der Waals surface area contributed by atoms with Crippen LogP contribution in [0.15, 0.2) is 48.8 Å². The molecule has 1 aliphatic rings. The lowest BCUT2D eigenvalue weighted by molar-refractivity contribution is -0.118. The van der Waals surface area contributed by atoms with E-state index in [1.807, 2.05) is 44.2 Å². The fraction of sp³-hybridized carbons (Fsp3) is 0.263. The number of benzene rings is 2. The van der Waals surface area contributed by atoms with Crippen molar-refractivity contribution in [2.75, 3.05) is 11.9 Å². The highest BCUT2D eigenvalue weighted by Gasteiger charge is 2.32. The molecule has 1 aliphatic heterocycles. The Morgan fingerprint density at radius 2 is 2.15 bits per heavy atom. The van der Waals surface area contributed by atoms with E-state index in [9.17, 15) is 4.79 Å². The standard InChI is InChI=1S/C19H19N5O3/c1-19(2)10-13-5-3-8-16(18(13)27-19)26-11-17(25)21-14-6-4-7-15(9-14)24-12-20-22-23-24/h3-9,12H,10-11H2,1-2H3,(H,21,25). The third-order valence-corrected chi connectivity index (χ3v) is 4.16. The van der Waals surface area contributed by atoms with Crippen LogP contribution in [0.25, 0.3) is 5.69 Å². The Morgan fingerprint density at radius 3 is 2.96 bits per heavy atom. The molecule has 0 saturated carbocycles. The Bertz CT molecular complexity index is 969. The summed E-state index contributed by atoms with van der Waals surface area (Å²) in [6.07, 6.45) is 2.30. The van der Waals surface area contributed by atoms with Crippen LogP contribution >= 0.6 is 0 Å². The number of anilines is 1. The van der Waals surface area contributed by atoms with E-state index in [0.717, 1.165) is 23.4 Å². The van der Waals surface area contributed by atoms with E-state index >= 15 is 0 Å². The molecule has 8 nitrogen and oxygen atoms in total. The first-order valence-electron chi connectivity index (χ1n) is 8.57. The zero-order chi connectivity index (χ0) is 18.9. The second-order valence-electron chi connectivity index (χ2n) is 6.92. The molecule has 138 valence electrons. The van der Waals surface area contributed by atoms with Crippen LogP contribution in [0.3, 0.4) is 0 Å². The molecule has 0 aliphatic carbocycles. The van der Waals surface area contributed by atoms with Crippen molar-refractivity contribution in [3.8, 4) is 17.2 Å². The van der Waals surface area contributed by atoms with Crippen LogP contribution in [0, 0.1) is 0 Å². The summed E-state index contributed by atoms with van der Waals surface area (Å²) in [4.78, 5) is 12.3. The number of hydrogen-bond acceptors (Lipinski definition) is 6. The van der Waals surface area contributed by atoms with Crippen molar-refractivity contribution in [2.45, 2.75) is 25.9 Å². The predicted molar refractivity (Wildman–Crippen MR) is 98.1 cm³/mol. The van der Waals surface area contributed by atoms with E-state index < -0.39 is 0 Å². The second kappa shape index (κ2) is 6.71. The van der Waals surface area contributed by atoms with Gasteiger partial charge < -0.3 is 14.8 Å². The van der Waals surface area contributed by atoms with Crippen molar-refractivity contribution in [3.63, 3.8) is 0 Å². The lowest BCUT2D eigenvalue weighted by Crippen LogP contribution is -2.25. The minimum Gasteiger partial charge on any atom is -0.483 e. The quantitative estimate of drug-likeness (QED) is 0.746. The monoisotopic (exact) mass is 365 g/mol. The van der Waals surface area contributed by atoms with Gasteiger partial charge in [0, 0.05) is 17.7 Å². The van der Waals surface area contributed by atoms with Gasteiger partial charge in [-0.15, -0.1) is 5.10 Å². The first-order chi connectivity index (χ1) is 13.0. The summed E-state index contributed by atoms with van der Waals surface area (Å²) >= 11 is 0. The molecule has 4 rings (SSSR count). The molecular weight excluding hydrogens is 346 g/mol. The fourth-order valence-corrected chi connectivity index (χ4v) is 3.05. The van der Waals surface area contributed by atoms with Gasteiger partial charge in [-0.2, -0.15) is 0 Å². The zero-order valence-electron chi connectivity index (χ0n) is 15.0. The van der Waals surface area contributed by atoms with Gasteiger partial charge in [0.25, 0.3) is 5.91 Å². The summed E-state index contributed by atoms with van der Waals surface area (Å²) in [7, 11) is 0. The summed E-state index contributed by atoms with van der Waals surface area (Å²) in [6, 6.07) is 13.0. The molecule has 0 atom stereocenters. The Kier molecular flexibility index (Phi) is 4.23. The fourth-order valence-electron chi connectivity index (χ4n) is 3.05. The number of amides is 1. The number of nitrogens with one attached hydrogen (secondary N) is 1. The molecule has 0 fully saturated rings. The number of para-hydroxylation sites is 1. The number of rotatable bonds is 5. The van der Waals surface area contributed by atoms with Crippen LogP contribution < -0.4 is 14.8 Å². The van der Waals surface area contributed by atoms with Crippen LogP contribution in [0.2, 0.25) is 0 Å². The van der Waals surface area contributed by atoms with Crippen molar-refractivity contribution in [2.24, 2.45) is 0 Å². The van der Waals surface area contributed by atoms with Crippen molar-refractivity contribution in [1.82, 2.24) is 20.2 Å². The lowest BCUT2D eigenvalue weighted by Gasteiger charge is -2.18. The maximum Gasteiger partial charge on any atom is 0.262 e. The number of carbonyl (C=O) groups is 1. The number of hydrogen-bond donors (Lipinski definition) is 1. The number of fused-ring (bicyclic) bond motifs is 1. The third kappa shape index (κ3) is 3.74. The second-order valence-corrected chi connectivity index (χ2v) is 6.92. The van der Waals surface area contributed by atoms with Crippen LogP contribution in [0.1, 0.15) is 19.4 Å².